The van der Waals surface area contributed by atoms with Crippen LogP contribution in [-0.4, -0.2) is 43.0 Å². The molecule has 0 spiro atoms. The lowest BCUT2D eigenvalue weighted by atomic mass is 9.98. The number of rotatable bonds is 10. The molecule has 4 aromatic rings. The summed E-state index contributed by atoms with van der Waals surface area (Å²) in [7, 11) is 0. The second-order valence-corrected chi connectivity index (χ2v) is 10.5. The Morgan fingerprint density at radius 1 is 0.786 bits per heavy atom. The molecule has 0 atom stereocenters. The fourth-order valence-electron chi connectivity index (χ4n) is 4.80. The van der Waals surface area contributed by atoms with E-state index in [1.165, 1.54) is 0 Å². The highest BCUT2D eigenvalue weighted by atomic mass is 16.5. The van der Waals surface area contributed by atoms with Crippen LogP contribution in [0.15, 0.2) is 97.1 Å². The van der Waals surface area contributed by atoms with E-state index in [-0.39, 0.29) is 17.7 Å². The van der Waals surface area contributed by atoms with Crippen LogP contribution in [0.5, 0.6) is 11.5 Å². The van der Waals surface area contributed by atoms with Crippen LogP contribution in [0.2, 0.25) is 0 Å². The molecular formula is C35H36N2O5. The Hall–Kier alpha value is -4.62. The number of carbonyl (C=O) groups excluding carboxylic acids is 2. The number of carbonyl (C=O) groups is 2. The highest BCUT2D eigenvalue weighted by Gasteiger charge is 2.22. The van der Waals surface area contributed by atoms with Crippen LogP contribution >= 0.6 is 0 Å². The van der Waals surface area contributed by atoms with Crippen LogP contribution in [-0.2, 0) is 18.0 Å². The third kappa shape index (κ3) is 7.36. The van der Waals surface area contributed by atoms with Crippen molar-refractivity contribution in [3.05, 3.63) is 125 Å². The van der Waals surface area contributed by atoms with Gasteiger partial charge in [0.05, 0.1) is 18.8 Å². The first-order valence-electron chi connectivity index (χ1n) is 14.3. The predicted molar refractivity (Wildman–Crippen MR) is 163 cm³/mol. The monoisotopic (exact) mass is 564 g/mol. The second kappa shape index (κ2) is 13.8. The molecule has 0 bridgehead atoms. The van der Waals surface area contributed by atoms with Crippen molar-refractivity contribution >= 4 is 17.5 Å². The van der Waals surface area contributed by atoms with Crippen LogP contribution in [0.25, 0.3) is 0 Å². The Morgan fingerprint density at radius 3 is 2.02 bits per heavy atom. The first-order chi connectivity index (χ1) is 20.5. The van der Waals surface area contributed by atoms with E-state index in [9.17, 15) is 9.59 Å². The average Bonchev–Trinajstić information content (AvgIpc) is 3.03. The molecule has 0 unspecified atom stereocenters. The van der Waals surface area contributed by atoms with Crippen molar-refractivity contribution in [3.8, 4) is 11.5 Å². The minimum atomic E-state index is -0.328. The number of nitrogens with one attached hydrogen (secondary N) is 1. The lowest BCUT2D eigenvalue weighted by Crippen LogP contribution is -2.40. The number of ether oxygens (including phenoxy) is 3. The minimum absolute atomic E-state index is 0.0803. The van der Waals surface area contributed by atoms with Gasteiger partial charge in [-0.25, -0.2) is 0 Å². The third-order valence-electron chi connectivity index (χ3n) is 7.12. The van der Waals surface area contributed by atoms with Crippen molar-refractivity contribution in [3.63, 3.8) is 0 Å². The summed E-state index contributed by atoms with van der Waals surface area (Å²) >= 11 is 0. The van der Waals surface area contributed by atoms with E-state index in [1.54, 1.807) is 29.2 Å². The van der Waals surface area contributed by atoms with Gasteiger partial charge in [-0.1, -0.05) is 80.6 Å². The molecule has 1 aliphatic rings. The molecule has 1 heterocycles. The molecule has 5 rings (SSSR count). The Morgan fingerprint density at radius 2 is 1.40 bits per heavy atom. The van der Waals surface area contributed by atoms with Crippen LogP contribution in [0.3, 0.4) is 0 Å². The average molecular weight is 565 g/mol. The van der Waals surface area contributed by atoms with Gasteiger partial charge in [-0.15, -0.1) is 0 Å². The molecule has 7 heteroatoms. The summed E-state index contributed by atoms with van der Waals surface area (Å²) in [5, 5.41) is 2.98. The van der Waals surface area contributed by atoms with Crippen LogP contribution < -0.4 is 14.8 Å². The summed E-state index contributed by atoms with van der Waals surface area (Å²) in [5.74, 6) is 0.782. The molecule has 42 heavy (non-hydrogen) atoms. The number of hydrogen-bond donors (Lipinski definition) is 1. The maximum absolute atomic E-state index is 13.8. The SMILES string of the molecule is CC(C)c1cc(C(=O)Nc2cccc(C(=O)N3CCOCC3)c2)c(OCc2ccccc2)cc1OCc1ccccc1. The number of morpholine rings is 1. The van der Waals surface area contributed by atoms with Gasteiger partial charge in [0.15, 0.2) is 0 Å². The predicted octanol–water partition coefficient (Wildman–Crippen LogP) is 6.69. The fraction of sp³-hybridized carbons (Fsp3) is 0.257. The first-order valence-corrected chi connectivity index (χ1v) is 14.3. The van der Waals surface area contributed by atoms with E-state index >= 15 is 0 Å². The molecule has 1 N–H and O–H groups in total. The zero-order valence-electron chi connectivity index (χ0n) is 24.0. The van der Waals surface area contributed by atoms with E-state index in [2.05, 4.69) is 19.2 Å². The topological polar surface area (TPSA) is 77.1 Å². The van der Waals surface area contributed by atoms with Gasteiger partial charge in [0.25, 0.3) is 11.8 Å². The molecular weight excluding hydrogens is 528 g/mol. The maximum Gasteiger partial charge on any atom is 0.259 e. The maximum atomic E-state index is 13.8. The number of anilines is 1. The quantitative estimate of drug-likeness (QED) is 0.232. The van der Waals surface area contributed by atoms with Gasteiger partial charge in [-0.05, 0) is 46.9 Å². The summed E-state index contributed by atoms with van der Waals surface area (Å²) in [6.45, 7) is 6.98. The number of benzene rings is 4. The standard InChI is InChI=1S/C35H36N2O5/c1-25(2)30-21-31(34(38)36-29-15-9-14-28(20-29)35(39)37-16-18-40-19-17-37)33(42-24-27-12-7-4-8-13-27)22-32(30)41-23-26-10-5-3-6-11-26/h3-15,20-22,25H,16-19,23-24H2,1-2H3,(H,36,38). The van der Waals surface area contributed by atoms with Gasteiger partial charge in [0, 0.05) is 30.4 Å². The van der Waals surface area contributed by atoms with E-state index in [1.807, 2.05) is 72.8 Å². The van der Waals surface area contributed by atoms with E-state index < -0.39 is 0 Å². The Labute approximate surface area is 247 Å². The van der Waals surface area contributed by atoms with Gasteiger partial charge in [0.1, 0.15) is 24.7 Å². The van der Waals surface area contributed by atoms with Gasteiger partial charge < -0.3 is 24.4 Å². The zero-order chi connectivity index (χ0) is 29.3. The second-order valence-electron chi connectivity index (χ2n) is 10.5. The van der Waals surface area contributed by atoms with Crippen molar-refractivity contribution in [1.82, 2.24) is 4.90 Å². The molecule has 4 aromatic carbocycles. The number of nitrogens with zero attached hydrogens (tertiary/aromatic N) is 1. The molecule has 216 valence electrons. The summed E-state index contributed by atoms with van der Waals surface area (Å²) in [6, 6.07) is 30.5. The van der Waals surface area contributed by atoms with Crippen molar-refractivity contribution in [2.75, 3.05) is 31.6 Å². The number of hydrogen-bond acceptors (Lipinski definition) is 5. The number of amides is 2. The largest absolute Gasteiger partial charge is 0.488 e. The molecule has 0 saturated carbocycles. The molecule has 1 saturated heterocycles. The summed E-state index contributed by atoms with van der Waals surface area (Å²) in [6.07, 6.45) is 0. The summed E-state index contributed by atoms with van der Waals surface area (Å²) in [5.41, 5.74) is 4.38. The summed E-state index contributed by atoms with van der Waals surface area (Å²) < 4.78 is 17.9. The zero-order valence-corrected chi connectivity index (χ0v) is 24.0. The third-order valence-corrected chi connectivity index (χ3v) is 7.12. The Balaban J connectivity index is 1.42. The fourth-order valence-corrected chi connectivity index (χ4v) is 4.80. The molecule has 2 amide bonds. The minimum Gasteiger partial charge on any atom is -0.488 e. The van der Waals surface area contributed by atoms with Gasteiger partial charge in [0.2, 0.25) is 0 Å². The smallest absolute Gasteiger partial charge is 0.259 e. The summed E-state index contributed by atoms with van der Waals surface area (Å²) in [4.78, 5) is 28.5. The van der Waals surface area contributed by atoms with Crippen molar-refractivity contribution in [2.24, 2.45) is 0 Å². The van der Waals surface area contributed by atoms with Crippen LogP contribution in [0, 0.1) is 0 Å². The van der Waals surface area contributed by atoms with Crippen LogP contribution in [0.4, 0.5) is 5.69 Å². The van der Waals surface area contributed by atoms with Gasteiger partial charge >= 0.3 is 0 Å². The van der Waals surface area contributed by atoms with E-state index in [4.69, 9.17) is 14.2 Å². The van der Waals surface area contributed by atoms with Crippen molar-refractivity contribution in [1.29, 1.82) is 0 Å². The highest BCUT2D eigenvalue weighted by Crippen LogP contribution is 2.35. The molecule has 0 aliphatic carbocycles. The molecule has 0 radical (unpaired) electrons. The van der Waals surface area contributed by atoms with E-state index in [0.717, 1.165) is 16.7 Å². The Kier molecular flexibility index (Phi) is 9.51. The molecule has 1 aliphatic heterocycles. The Bertz CT molecular complexity index is 1500. The highest BCUT2D eigenvalue weighted by molar-refractivity contribution is 6.07. The first kappa shape index (κ1) is 28.9. The van der Waals surface area contributed by atoms with E-state index in [0.29, 0.717) is 67.8 Å². The lowest BCUT2D eigenvalue weighted by molar-refractivity contribution is 0.0303. The lowest BCUT2D eigenvalue weighted by Gasteiger charge is -2.27. The normalized spacial score (nSPS) is 13.1. The van der Waals surface area contributed by atoms with Crippen molar-refractivity contribution in [2.45, 2.75) is 33.0 Å². The molecule has 0 aromatic heterocycles. The van der Waals surface area contributed by atoms with Gasteiger partial charge in [-0.3, -0.25) is 9.59 Å². The van der Waals surface area contributed by atoms with Crippen molar-refractivity contribution < 1.29 is 23.8 Å². The van der Waals surface area contributed by atoms with Crippen LogP contribution in [0.1, 0.15) is 57.2 Å². The molecule has 7 nitrogen and oxygen atoms in total. The molecule has 1 fully saturated rings. The van der Waals surface area contributed by atoms with Gasteiger partial charge in [-0.2, -0.15) is 0 Å².